The number of carbonyl (C=O) groups is 1. The van der Waals surface area contributed by atoms with E-state index in [1.807, 2.05) is 0 Å². The van der Waals surface area contributed by atoms with Gasteiger partial charge in [-0.1, -0.05) is 6.42 Å². The lowest BCUT2D eigenvalue weighted by atomic mass is 10.1. The highest BCUT2D eigenvalue weighted by atomic mass is 19.1. The number of hydrogen-bond donors (Lipinski definition) is 0. The summed E-state index contributed by atoms with van der Waals surface area (Å²) in [7, 11) is 0. The quantitative estimate of drug-likeness (QED) is 0.703. The minimum Gasteiger partial charge on any atom is -0.477 e. The molecule has 1 amide bonds. The number of halogens is 1. The predicted molar refractivity (Wildman–Crippen MR) is 115 cm³/mol. The molecule has 2 aromatic rings. The van der Waals surface area contributed by atoms with Crippen molar-refractivity contribution in [2.24, 2.45) is 0 Å². The summed E-state index contributed by atoms with van der Waals surface area (Å²) in [6, 6.07) is 7.80. The molecule has 0 spiro atoms. The van der Waals surface area contributed by atoms with Crippen LogP contribution in [0.15, 0.2) is 45.8 Å². The van der Waals surface area contributed by atoms with Gasteiger partial charge in [0.05, 0.1) is 6.54 Å². The normalized spacial score (nSPS) is 17.6. The summed E-state index contributed by atoms with van der Waals surface area (Å²) in [5.41, 5.74) is 0.666. The Bertz CT molecular complexity index is 933. The number of piperazine rings is 1. The van der Waals surface area contributed by atoms with Crippen molar-refractivity contribution in [3.63, 3.8) is 0 Å². The Hall–Kier alpha value is -2.87. The van der Waals surface area contributed by atoms with Crippen molar-refractivity contribution in [2.75, 3.05) is 50.8 Å². The summed E-state index contributed by atoms with van der Waals surface area (Å²) < 4.78 is 24.1. The van der Waals surface area contributed by atoms with Gasteiger partial charge in [0.1, 0.15) is 17.8 Å². The van der Waals surface area contributed by atoms with Crippen LogP contribution in [0.5, 0.6) is 5.75 Å². The van der Waals surface area contributed by atoms with Crippen molar-refractivity contribution in [1.82, 2.24) is 9.80 Å². The maximum atomic E-state index is 13.1. The fraction of sp³-hybridized carbons (Fsp3) is 0.478. The zero-order chi connectivity index (χ0) is 21.6. The average molecular weight is 429 g/mol. The van der Waals surface area contributed by atoms with E-state index in [4.69, 9.17) is 9.15 Å². The fourth-order valence-electron chi connectivity index (χ4n) is 4.06. The molecular formula is C23H28FN3O4. The van der Waals surface area contributed by atoms with E-state index in [-0.39, 0.29) is 29.5 Å². The van der Waals surface area contributed by atoms with E-state index in [2.05, 4.69) is 9.80 Å². The van der Waals surface area contributed by atoms with E-state index < -0.39 is 0 Å². The number of ether oxygens (including phenoxy) is 1. The highest BCUT2D eigenvalue weighted by Crippen LogP contribution is 2.17. The summed E-state index contributed by atoms with van der Waals surface area (Å²) in [5, 5.41) is 0. The molecule has 4 rings (SSSR count). The second-order valence-electron chi connectivity index (χ2n) is 8.04. The molecule has 0 atom stereocenters. The highest BCUT2D eigenvalue weighted by Gasteiger charge is 2.22. The number of anilines is 1. The molecule has 0 bridgehead atoms. The molecule has 31 heavy (non-hydrogen) atoms. The molecule has 2 saturated heterocycles. The topological polar surface area (TPSA) is 66.2 Å². The van der Waals surface area contributed by atoms with Gasteiger partial charge in [0, 0.05) is 37.9 Å². The van der Waals surface area contributed by atoms with Crippen LogP contribution in [-0.2, 0) is 11.3 Å². The molecule has 2 fully saturated rings. The minimum absolute atomic E-state index is 0.0562. The molecule has 0 radical (unpaired) electrons. The van der Waals surface area contributed by atoms with Gasteiger partial charge in [-0.2, -0.15) is 0 Å². The van der Waals surface area contributed by atoms with Crippen LogP contribution in [0.25, 0.3) is 0 Å². The van der Waals surface area contributed by atoms with Crippen LogP contribution < -0.4 is 15.1 Å². The SMILES string of the molecule is O=C(COc1coc(CN2CCCCC2)cc1=O)N1CCN(c2ccc(F)cc2)CC1. The zero-order valence-electron chi connectivity index (χ0n) is 17.6. The van der Waals surface area contributed by atoms with E-state index >= 15 is 0 Å². The van der Waals surface area contributed by atoms with Crippen LogP contribution in [0.1, 0.15) is 25.0 Å². The monoisotopic (exact) mass is 429 g/mol. The van der Waals surface area contributed by atoms with Crippen molar-refractivity contribution in [2.45, 2.75) is 25.8 Å². The van der Waals surface area contributed by atoms with Crippen LogP contribution in [0.3, 0.4) is 0 Å². The molecule has 166 valence electrons. The van der Waals surface area contributed by atoms with Gasteiger partial charge < -0.3 is 19.0 Å². The first-order valence-electron chi connectivity index (χ1n) is 10.8. The molecule has 0 saturated carbocycles. The third kappa shape index (κ3) is 5.64. The summed E-state index contributed by atoms with van der Waals surface area (Å²) in [5.74, 6) is 0.234. The standard InChI is InChI=1S/C23H28FN3O4/c24-18-4-6-19(7-5-18)26-10-12-27(13-11-26)23(29)17-31-22-16-30-20(14-21(22)28)15-25-8-2-1-3-9-25/h4-7,14,16H,1-3,8-13,15,17H2. The number of piperidine rings is 1. The van der Waals surface area contributed by atoms with Crippen LogP contribution in [-0.4, -0.2) is 61.6 Å². The number of benzene rings is 1. The van der Waals surface area contributed by atoms with Gasteiger partial charge in [-0.3, -0.25) is 14.5 Å². The van der Waals surface area contributed by atoms with Crippen molar-refractivity contribution in [3.8, 4) is 5.75 Å². The van der Waals surface area contributed by atoms with Crippen molar-refractivity contribution in [1.29, 1.82) is 0 Å². The molecule has 2 aliphatic heterocycles. The summed E-state index contributed by atoms with van der Waals surface area (Å²) in [6.07, 6.45) is 4.90. The largest absolute Gasteiger partial charge is 0.477 e. The first-order valence-corrected chi connectivity index (χ1v) is 10.8. The van der Waals surface area contributed by atoms with E-state index in [1.54, 1.807) is 17.0 Å². The number of rotatable bonds is 6. The second kappa shape index (κ2) is 9.96. The lowest BCUT2D eigenvalue weighted by molar-refractivity contribution is -0.133. The fourth-order valence-corrected chi connectivity index (χ4v) is 4.06. The van der Waals surface area contributed by atoms with E-state index in [0.29, 0.717) is 38.5 Å². The Morgan fingerprint density at radius 1 is 1.00 bits per heavy atom. The number of amides is 1. The van der Waals surface area contributed by atoms with Gasteiger partial charge in [0.15, 0.2) is 6.61 Å². The minimum atomic E-state index is -0.271. The molecule has 1 aromatic carbocycles. The zero-order valence-corrected chi connectivity index (χ0v) is 17.6. The molecule has 3 heterocycles. The van der Waals surface area contributed by atoms with E-state index in [9.17, 15) is 14.0 Å². The Kier molecular flexibility index (Phi) is 6.86. The Balaban J connectivity index is 1.25. The van der Waals surface area contributed by atoms with Gasteiger partial charge in [-0.15, -0.1) is 0 Å². The molecule has 0 aliphatic carbocycles. The smallest absolute Gasteiger partial charge is 0.260 e. The second-order valence-corrected chi connectivity index (χ2v) is 8.04. The van der Waals surface area contributed by atoms with Crippen molar-refractivity contribution >= 4 is 11.6 Å². The maximum absolute atomic E-state index is 13.1. The van der Waals surface area contributed by atoms with Gasteiger partial charge in [0.25, 0.3) is 5.91 Å². The van der Waals surface area contributed by atoms with E-state index in [0.717, 1.165) is 18.8 Å². The van der Waals surface area contributed by atoms with Crippen LogP contribution in [0.2, 0.25) is 0 Å². The molecule has 1 aromatic heterocycles. The highest BCUT2D eigenvalue weighted by molar-refractivity contribution is 5.78. The van der Waals surface area contributed by atoms with Crippen LogP contribution >= 0.6 is 0 Å². The lowest BCUT2D eigenvalue weighted by Gasteiger charge is -2.36. The predicted octanol–water partition coefficient (Wildman–Crippen LogP) is 2.49. The number of nitrogens with zero attached hydrogens (tertiary/aromatic N) is 3. The van der Waals surface area contributed by atoms with Crippen molar-refractivity contribution in [3.05, 3.63) is 58.4 Å². The number of hydrogen-bond acceptors (Lipinski definition) is 6. The Morgan fingerprint density at radius 2 is 1.71 bits per heavy atom. The van der Waals surface area contributed by atoms with E-state index in [1.165, 1.54) is 43.7 Å². The van der Waals surface area contributed by atoms with Gasteiger partial charge in [-0.25, -0.2) is 4.39 Å². The van der Waals surface area contributed by atoms with Gasteiger partial charge >= 0.3 is 0 Å². The molecule has 7 nitrogen and oxygen atoms in total. The molecular weight excluding hydrogens is 401 g/mol. The summed E-state index contributed by atoms with van der Waals surface area (Å²) >= 11 is 0. The Morgan fingerprint density at radius 3 is 2.39 bits per heavy atom. The van der Waals surface area contributed by atoms with Gasteiger partial charge in [0.2, 0.25) is 11.2 Å². The lowest BCUT2D eigenvalue weighted by Crippen LogP contribution is -2.50. The molecule has 0 unspecified atom stereocenters. The molecule has 8 heteroatoms. The molecule has 0 N–H and O–H groups in total. The molecule has 2 aliphatic rings. The Labute approximate surface area is 181 Å². The third-order valence-electron chi connectivity index (χ3n) is 5.86. The van der Waals surface area contributed by atoms with Crippen molar-refractivity contribution < 1.29 is 18.3 Å². The first-order chi connectivity index (χ1) is 15.1. The van der Waals surface area contributed by atoms with Gasteiger partial charge in [-0.05, 0) is 50.2 Å². The average Bonchev–Trinajstić information content (AvgIpc) is 2.80. The van der Waals surface area contributed by atoms with Crippen LogP contribution in [0.4, 0.5) is 10.1 Å². The van der Waals surface area contributed by atoms with Crippen LogP contribution in [0, 0.1) is 5.82 Å². The number of carbonyl (C=O) groups excluding carboxylic acids is 1. The maximum Gasteiger partial charge on any atom is 0.260 e. The summed E-state index contributed by atoms with van der Waals surface area (Å²) in [6.45, 7) is 4.86. The number of likely N-dealkylation sites (tertiary alicyclic amines) is 1. The summed E-state index contributed by atoms with van der Waals surface area (Å²) in [4.78, 5) is 30.9. The third-order valence-corrected chi connectivity index (χ3v) is 5.86. The first kappa shape index (κ1) is 21.4.